The van der Waals surface area contributed by atoms with Gasteiger partial charge in [0.2, 0.25) is 10.0 Å². The molecule has 0 spiro atoms. The van der Waals surface area contributed by atoms with Crippen molar-refractivity contribution in [2.75, 3.05) is 0 Å². The molecular formula is C15H21BN2O4S. The molecule has 0 bridgehead atoms. The molecule has 23 heavy (non-hydrogen) atoms. The number of rotatable bonds is 3. The van der Waals surface area contributed by atoms with E-state index in [-0.39, 0.29) is 5.75 Å². The normalized spacial score (nSPS) is 20.3. The molecule has 1 aliphatic heterocycles. The fourth-order valence-electron chi connectivity index (χ4n) is 2.72. The molecule has 1 aromatic carbocycles. The number of aromatic nitrogens is 1. The Labute approximate surface area is 136 Å². The van der Waals surface area contributed by atoms with Crippen molar-refractivity contribution in [1.82, 2.24) is 4.98 Å². The first kappa shape index (κ1) is 16.5. The monoisotopic (exact) mass is 336 g/mol. The molecule has 0 atom stereocenters. The average molecular weight is 336 g/mol. The van der Waals surface area contributed by atoms with Crippen molar-refractivity contribution in [2.24, 2.45) is 5.14 Å². The van der Waals surface area contributed by atoms with Crippen molar-refractivity contribution in [3.63, 3.8) is 0 Å². The summed E-state index contributed by atoms with van der Waals surface area (Å²) in [6.07, 6.45) is 1.77. The fourth-order valence-corrected chi connectivity index (χ4v) is 3.39. The van der Waals surface area contributed by atoms with Gasteiger partial charge < -0.3 is 14.3 Å². The van der Waals surface area contributed by atoms with Crippen molar-refractivity contribution >= 4 is 33.5 Å². The number of primary sulfonamides is 1. The van der Waals surface area contributed by atoms with Crippen molar-refractivity contribution in [1.29, 1.82) is 0 Å². The number of nitrogens with two attached hydrogens (primary N) is 1. The summed E-state index contributed by atoms with van der Waals surface area (Å²) in [5, 5.41) is 6.05. The molecular weight excluding hydrogens is 315 g/mol. The van der Waals surface area contributed by atoms with E-state index in [0.717, 1.165) is 16.4 Å². The van der Waals surface area contributed by atoms with Gasteiger partial charge in [-0.15, -0.1) is 0 Å². The van der Waals surface area contributed by atoms with Crippen molar-refractivity contribution < 1.29 is 17.7 Å². The number of hydrogen-bond acceptors (Lipinski definition) is 4. The number of sulfonamides is 1. The molecule has 1 aromatic heterocycles. The van der Waals surface area contributed by atoms with Crippen molar-refractivity contribution in [3.8, 4) is 0 Å². The number of fused-ring (bicyclic) bond motifs is 1. The summed E-state index contributed by atoms with van der Waals surface area (Å²) in [7, 11) is -4.18. The highest BCUT2D eigenvalue weighted by Gasteiger charge is 2.51. The Balaban J connectivity index is 2.06. The number of H-pyrrole nitrogens is 1. The molecule has 3 rings (SSSR count). The van der Waals surface area contributed by atoms with Gasteiger partial charge in [0.05, 0.1) is 17.0 Å². The van der Waals surface area contributed by atoms with E-state index in [9.17, 15) is 8.42 Å². The SMILES string of the molecule is CC1(C)OB(c2cc(CS(N)(=O)=O)c3cc[nH]c3c2)OC1(C)C. The molecule has 0 aliphatic carbocycles. The van der Waals surface area contributed by atoms with Gasteiger partial charge in [-0.25, -0.2) is 13.6 Å². The predicted molar refractivity (Wildman–Crippen MR) is 90.8 cm³/mol. The molecule has 1 fully saturated rings. The maximum atomic E-state index is 11.5. The van der Waals surface area contributed by atoms with Gasteiger partial charge >= 0.3 is 7.12 Å². The van der Waals surface area contributed by atoms with Crippen LogP contribution >= 0.6 is 0 Å². The second-order valence-electron chi connectivity index (χ2n) is 7.01. The van der Waals surface area contributed by atoms with E-state index in [0.29, 0.717) is 5.56 Å². The van der Waals surface area contributed by atoms with Gasteiger partial charge in [-0.05, 0) is 50.9 Å². The zero-order valence-corrected chi connectivity index (χ0v) is 14.5. The van der Waals surface area contributed by atoms with Crippen LogP contribution < -0.4 is 10.6 Å². The highest BCUT2D eigenvalue weighted by Crippen LogP contribution is 2.36. The van der Waals surface area contributed by atoms with Crippen LogP contribution in [0.4, 0.5) is 0 Å². The van der Waals surface area contributed by atoms with E-state index in [1.807, 2.05) is 39.8 Å². The third-order valence-electron chi connectivity index (χ3n) is 4.66. The molecule has 2 heterocycles. The minimum absolute atomic E-state index is 0.227. The van der Waals surface area contributed by atoms with Crippen LogP contribution in [0.15, 0.2) is 24.4 Å². The molecule has 3 N–H and O–H groups in total. The minimum Gasteiger partial charge on any atom is -0.399 e. The molecule has 1 aliphatic rings. The van der Waals surface area contributed by atoms with Gasteiger partial charge in [0, 0.05) is 17.1 Å². The van der Waals surface area contributed by atoms with E-state index in [4.69, 9.17) is 14.4 Å². The fraction of sp³-hybridized carbons (Fsp3) is 0.467. The Hall–Kier alpha value is -1.35. The van der Waals surface area contributed by atoms with E-state index in [2.05, 4.69) is 4.98 Å². The number of hydrogen-bond donors (Lipinski definition) is 2. The topological polar surface area (TPSA) is 94.4 Å². The smallest absolute Gasteiger partial charge is 0.399 e. The molecule has 1 saturated heterocycles. The van der Waals surface area contributed by atoms with Crippen LogP contribution in [0.5, 0.6) is 0 Å². The predicted octanol–water partition coefficient (Wildman–Crippen LogP) is 1.26. The summed E-state index contributed by atoms with van der Waals surface area (Å²) >= 11 is 0. The molecule has 0 saturated carbocycles. The summed E-state index contributed by atoms with van der Waals surface area (Å²) < 4.78 is 35.1. The quantitative estimate of drug-likeness (QED) is 0.825. The van der Waals surface area contributed by atoms with Crippen molar-refractivity contribution in [2.45, 2.75) is 44.6 Å². The van der Waals surface area contributed by atoms with Gasteiger partial charge in [-0.1, -0.05) is 6.07 Å². The van der Waals surface area contributed by atoms with Gasteiger partial charge in [0.25, 0.3) is 0 Å². The Morgan fingerprint density at radius 1 is 1.17 bits per heavy atom. The highest BCUT2D eigenvalue weighted by molar-refractivity contribution is 7.88. The average Bonchev–Trinajstić information content (AvgIpc) is 2.90. The van der Waals surface area contributed by atoms with Gasteiger partial charge in [-0.3, -0.25) is 0 Å². The standard InChI is InChI=1S/C15H21BN2O4S/c1-14(2)15(3,4)22-16(21-14)11-7-10(9-23(17,19)20)12-5-6-18-13(12)8-11/h5-8,18H,9H2,1-4H3,(H2,17,19,20). The molecule has 0 unspecified atom stereocenters. The largest absolute Gasteiger partial charge is 0.494 e. The lowest BCUT2D eigenvalue weighted by Crippen LogP contribution is -2.41. The summed E-state index contributed by atoms with van der Waals surface area (Å²) in [5.41, 5.74) is 1.33. The molecule has 124 valence electrons. The van der Waals surface area contributed by atoms with Crippen LogP contribution in [0.1, 0.15) is 33.3 Å². The maximum absolute atomic E-state index is 11.5. The Morgan fingerprint density at radius 3 is 2.35 bits per heavy atom. The zero-order valence-electron chi connectivity index (χ0n) is 13.7. The molecule has 6 nitrogen and oxygen atoms in total. The summed E-state index contributed by atoms with van der Waals surface area (Å²) in [5.74, 6) is -0.227. The Bertz CT molecular complexity index is 841. The second-order valence-corrected chi connectivity index (χ2v) is 8.63. The lowest BCUT2D eigenvalue weighted by Gasteiger charge is -2.32. The van der Waals surface area contributed by atoms with Crippen LogP contribution in [0.3, 0.4) is 0 Å². The minimum atomic E-state index is -3.63. The summed E-state index contributed by atoms with van der Waals surface area (Å²) in [6, 6.07) is 5.55. The third-order valence-corrected chi connectivity index (χ3v) is 5.37. The van der Waals surface area contributed by atoms with Crippen molar-refractivity contribution in [3.05, 3.63) is 30.0 Å². The van der Waals surface area contributed by atoms with Crippen LogP contribution in [0.25, 0.3) is 10.9 Å². The third kappa shape index (κ3) is 3.04. The maximum Gasteiger partial charge on any atom is 0.494 e. The molecule has 8 heteroatoms. The zero-order chi connectivity index (χ0) is 17.0. The van der Waals surface area contributed by atoms with Crippen LogP contribution in [0, 0.1) is 0 Å². The van der Waals surface area contributed by atoms with Gasteiger partial charge in [0.1, 0.15) is 0 Å². The Kier molecular flexibility index (Phi) is 3.64. The van der Waals surface area contributed by atoms with E-state index in [1.165, 1.54) is 0 Å². The first-order valence-corrected chi connectivity index (χ1v) is 9.16. The lowest BCUT2D eigenvalue weighted by molar-refractivity contribution is 0.00578. The van der Waals surface area contributed by atoms with Crippen LogP contribution in [-0.4, -0.2) is 31.7 Å². The first-order chi connectivity index (χ1) is 10.5. The van der Waals surface area contributed by atoms with Gasteiger partial charge in [-0.2, -0.15) is 0 Å². The van der Waals surface area contributed by atoms with E-state index < -0.39 is 28.3 Å². The summed E-state index contributed by atoms with van der Waals surface area (Å²) in [4.78, 5) is 3.10. The number of nitrogens with one attached hydrogen (secondary N) is 1. The second kappa shape index (κ2) is 5.07. The molecule has 0 amide bonds. The first-order valence-electron chi connectivity index (χ1n) is 7.44. The van der Waals surface area contributed by atoms with Crippen LogP contribution in [-0.2, 0) is 25.1 Å². The lowest BCUT2D eigenvalue weighted by atomic mass is 9.78. The Morgan fingerprint density at radius 2 is 1.78 bits per heavy atom. The van der Waals surface area contributed by atoms with E-state index >= 15 is 0 Å². The molecule has 2 aromatic rings. The van der Waals surface area contributed by atoms with Crippen LogP contribution in [0.2, 0.25) is 0 Å². The molecule has 0 radical (unpaired) electrons. The number of aromatic amines is 1. The summed E-state index contributed by atoms with van der Waals surface area (Å²) in [6.45, 7) is 7.91. The van der Waals surface area contributed by atoms with Gasteiger partial charge in [0.15, 0.2) is 0 Å². The number of benzene rings is 1. The van der Waals surface area contributed by atoms with E-state index in [1.54, 1.807) is 12.3 Å². The highest BCUT2D eigenvalue weighted by atomic mass is 32.2.